The van der Waals surface area contributed by atoms with Crippen LogP contribution in [0.15, 0.2) is 24.7 Å². The Labute approximate surface area is 149 Å². The minimum atomic E-state index is 0.0295. The number of aromatic nitrogens is 6. The van der Waals surface area contributed by atoms with Crippen molar-refractivity contribution in [1.29, 1.82) is 0 Å². The van der Waals surface area contributed by atoms with E-state index < -0.39 is 0 Å². The van der Waals surface area contributed by atoms with Crippen molar-refractivity contribution in [3.8, 4) is 11.4 Å². The number of hydrogen-bond acceptors (Lipinski definition) is 5. The second-order valence-corrected chi connectivity index (χ2v) is 7.62. The number of hydrogen-bond donors (Lipinski definition) is 2. The highest BCUT2D eigenvalue weighted by atomic mass is 35.5. The van der Waals surface area contributed by atoms with Crippen LogP contribution in [-0.2, 0) is 6.54 Å². The molecule has 0 radical (unpaired) electrons. The zero-order chi connectivity index (χ0) is 17.8. The normalized spacial score (nSPS) is 12.3. The van der Waals surface area contributed by atoms with Gasteiger partial charge in [-0.05, 0) is 17.5 Å². The maximum atomic E-state index is 6.58. The first-order valence-electron chi connectivity index (χ1n) is 7.95. The number of aromatic amines is 1. The van der Waals surface area contributed by atoms with Crippen LogP contribution in [0.1, 0.15) is 20.8 Å². The van der Waals surface area contributed by atoms with Crippen molar-refractivity contribution >= 4 is 39.5 Å². The van der Waals surface area contributed by atoms with Crippen LogP contribution in [0.3, 0.4) is 0 Å². The zero-order valence-corrected chi connectivity index (χ0v) is 15.0. The summed E-state index contributed by atoms with van der Waals surface area (Å²) >= 11 is 6.58. The standard InChI is InChI=1S/C17H18ClN7/c1-17(2,3)7-25-16-10(14(19)21-8-22-16)12(24-25)13-11(18)9-5-4-6-20-15(9)23-13/h4-6,8H,7H2,1-3H3,(H,20,23)(H2,19,21,22). The molecule has 3 N–H and O–H groups in total. The third-order valence-electron chi connectivity index (χ3n) is 3.93. The van der Waals surface area contributed by atoms with Crippen LogP contribution >= 0.6 is 11.6 Å². The molecule has 4 aromatic heterocycles. The van der Waals surface area contributed by atoms with Crippen molar-refractivity contribution < 1.29 is 0 Å². The van der Waals surface area contributed by atoms with Gasteiger partial charge in [0.05, 0.1) is 16.1 Å². The number of nitrogen functional groups attached to an aromatic ring is 1. The summed E-state index contributed by atoms with van der Waals surface area (Å²) in [6.45, 7) is 7.12. The fourth-order valence-corrected chi connectivity index (χ4v) is 3.21. The van der Waals surface area contributed by atoms with Gasteiger partial charge in [-0.15, -0.1) is 0 Å². The SMILES string of the molecule is CC(C)(C)Cn1nc(-c2[nH]c3ncccc3c2Cl)c2c(N)ncnc21. The Kier molecular flexibility index (Phi) is 3.43. The van der Waals surface area contributed by atoms with Gasteiger partial charge < -0.3 is 10.7 Å². The van der Waals surface area contributed by atoms with Crippen molar-refractivity contribution in [3.05, 3.63) is 29.7 Å². The maximum absolute atomic E-state index is 6.58. The van der Waals surface area contributed by atoms with Crippen LogP contribution in [0.25, 0.3) is 33.5 Å². The number of nitrogens with zero attached hydrogens (tertiary/aromatic N) is 5. The van der Waals surface area contributed by atoms with Crippen LogP contribution in [0.2, 0.25) is 5.02 Å². The summed E-state index contributed by atoms with van der Waals surface area (Å²) in [5.41, 5.74) is 8.88. The van der Waals surface area contributed by atoms with Crippen LogP contribution in [-0.4, -0.2) is 29.7 Å². The molecular formula is C17H18ClN7. The molecular weight excluding hydrogens is 338 g/mol. The molecule has 25 heavy (non-hydrogen) atoms. The summed E-state index contributed by atoms with van der Waals surface area (Å²) in [5.74, 6) is 0.378. The van der Waals surface area contributed by atoms with Gasteiger partial charge in [-0.25, -0.2) is 19.6 Å². The minimum absolute atomic E-state index is 0.0295. The van der Waals surface area contributed by atoms with E-state index in [4.69, 9.17) is 22.4 Å². The van der Waals surface area contributed by atoms with E-state index in [9.17, 15) is 0 Å². The Bertz CT molecular complexity index is 1090. The highest BCUT2D eigenvalue weighted by Crippen LogP contribution is 2.37. The van der Waals surface area contributed by atoms with Crippen LogP contribution < -0.4 is 5.73 Å². The number of rotatable bonds is 2. The smallest absolute Gasteiger partial charge is 0.164 e. The van der Waals surface area contributed by atoms with Gasteiger partial charge in [-0.2, -0.15) is 5.10 Å². The molecule has 4 heterocycles. The number of pyridine rings is 1. The zero-order valence-electron chi connectivity index (χ0n) is 14.2. The molecule has 0 aliphatic heterocycles. The first-order valence-corrected chi connectivity index (χ1v) is 8.32. The Balaban J connectivity index is 2.02. The number of nitrogens with two attached hydrogens (primary N) is 1. The molecule has 0 aromatic carbocycles. The highest BCUT2D eigenvalue weighted by molar-refractivity contribution is 6.38. The fourth-order valence-electron chi connectivity index (χ4n) is 2.92. The maximum Gasteiger partial charge on any atom is 0.164 e. The Morgan fingerprint density at radius 2 is 2.04 bits per heavy atom. The van der Waals surface area contributed by atoms with E-state index in [1.165, 1.54) is 6.33 Å². The van der Waals surface area contributed by atoms with E-state index in [1.54, 1.807) is 6.20 Å². The minimum Gasteiger partial charge on any atom is -0.383 e. The van der Waals surface area contributed by atoms with Gasteiger partial charge in [-0.3, -0.25) is 0 Å². The number of halogens is 1. The van der Waals surface area contributed by atoms with Gasteiger partial charge in [-0.1, -0.05) is 32.4 Å². The molecule has 0 atom stereocenters. The second kappa shape index (κ2) is 5.42. The van der Waals surface area contributed by atoms with Gasteiger partial charge in [0.25, 0.3) is 0 Å². The van der Waals surface area contributed by atoms with Crippen molar-refractivity contribution in [2.75, 3.05) is 5.73 Å². The van der Waals surface area contributed by atoms with Crippen LogP contribution in [0, 0.1) is 5.41 Å². The van der Waals surface area contributed by atoms with Gasteiger partial charge in [0.15, 0.2) is 5.65 Å². The van der Waals surface area contributed by atoms with E-state index in [-0.39, 0.29) is 5.41 Å². The van der Waals surface area contributed by atoms with Crippen LogP contribution in [0.5, 0.6) is 0 Å². The molecule has 128 valence electrons. The predicted molar refractivity (Wildman–Crippen MR) is 99.3 cm³/mol. The average molecular weight is 356 g/mol. The molecule has 0 aliphatic rings. The average Bonchev–Trinajstić information content (AvgIpc) is 3.06. The summed E-state index contributed by atoms with van der Waals surface area (Å²) in [6.07, 6.45) is 3.17. The summed E-state index contributed by atoms with van der Waals surface area (Å²) < 4.78 is 1.86. The third-order valence-corrected chi connectivity index (χ3v) is 4.32. The molecule has 0 spiro atoms. The van der Waals surface area contributed by atoms with Crippen molar-refractivity contribution in [2.45, 2.75) is 27.3 Å². The number of fused-ring (bicyclic) bond motifs is 2. The molecule has 0 saturated heterocycles. The lowest BCUT2D eigenvalue weighted by Crippen LogP contribution is -2.16. The number of nitrogens with one attached hydrogen (secondary N) is 1. The lowest BCUT2D eigenvalue weighted by Gasteiger charge is -2.18. The molecule has 0 saturated carbocycles. The largest absolute Gasteiger partial charge is 0.383 e. The van der Waals surface area contributed by atoms with Crippen molar-refractivity contribution in [2.24, 2.45) is 5.41 Å². The van der Waals surface area contributed by atoms with E-state index in [0.717, 1.165) is 5.39 Å². The molecule has 4 aromatic rings. The molecule has 7 nitrogen and oxygen atoms in total. The van der Waals surface area contributed by atoms with Crippen molar-refractivity contribution in [1.82, 2.24) is 29.7 Å². The molecule has 4 rings (SSSR count). The van der Waals surface area contributed by atoms with E-state index in [2.05, 4.69) is 40.7 Å². The summed E-state index contributed by atoms with van der Waals surface area (Å²) in [7, 11) is 0. The molecule has 0 unspecified atom stereocenters. The fraction of sp³-hybridized carbons (Fsp3) is 0.294. The van der Waals surface area contributed by atoms with E-state index in [1.807, 2.05) is 16.8 Å². The van der Waals surface area contributed by atoms with Gasteiger partial charge in [0.1, 0.15) is 23.5 Å². The molecule has 0 bridgehead atoms. The molecule has 0 aliphatic carbocycles. The summed E-state index contributed by atoms with van der Waals surface area (Å²) in [4.78, 5) is 16.1. The quantitative estimate of drug-likeness (QED) is 0.571. The highest BCUT2D eigenvalue weighted by Gasteiger charge is 2.23. The predicted octanol–water partition coefficient (Wildman–Crippen LogP) is 3.65. The van der Waals surface area contributed by atoms with Crippen LogP contribution in [0.4, 0.5) is 5.82 Å². The lowest BCUT2D eigenvalue weighted by molar-refractivity contribution is 0.330. The lowest BCUT2D eigenvalue weighted by atomic mass is 9.97. The van der Waals surface area contributed by atoms with Gasteiger partial charge >= 0.3 is 0 Å². The topological polar surface area (TPSA) is 98.3 Å². The van der Waals surface area contributed by atoms with Crippen molar-refractivity contribution in [3.63, 3.8) is 0 Å². The molecule has 0 fully saturated rings. The molecule has 8 heteroatoms. The molecule has 0 amide bonds. The number of anilines is 1. The third kappa shape index (κ3) is 2.60. The number of H-pyrrole nitrogens is 1. The van der Waals surface area contributed by atoms with Gasteiger partial charge in [0, 0.05) is 18.1 Å². The second-order valence-electron chi connectivity index (χ2n) is 7.24. The first kappa shape index (κ1) is 15.8. The first-order chi connectivity index (χ1) is 11.8. The Morgan fingerprint density at radius 3 is 2.76 bits per heavy atom. The van der Waals surface area contributed by atoms with E-state index >= 15 is 0 Å². The van der Waals surface area contributed by atoms with Gasteiger partial charge in [0.2, 0.25) is 0 Å². The summed E-state index contributed by atoms with van der Waals surface area (Å²) in [6, 6.07) is 3.76. The Morgan fingerprint density at radius 1 is 1.24 bits per heavy atom. The monoisotopic (exact) mass is 355 g/mol. The Hall–Kier alpha value is -2.67. The van der Waals surface area contributed by atoms with E-state index in [0.29, 0.717) is 45.5 Å². The summed E-state index contributed by atoms with van der Waals surface area (Å²) in [5, 5.41) is 6.85.